The zero-order valence-corrected chi connectivity index (χ0v) is 14.7. The molecule has 2 aromatic heterocycles. The first-order chi connectivity index (χ1) is 10.2. The van der Waals surface area contributed by atoms with E-state index in [1.54, 1.807) is 0 Å². The number of fused-ring (bicyclic) bond motifs is 1. The Labute approximate surface area is 139 Å². The standard InChI is InChI=1S/C16H21BrClN3/c1-2-14(11-6-4-3-5-7-11)21-15(9-18)20-13-8-12(17)10-19-16(13)21/h8,10-11,14H,2-7,9H2,1H3. The number of hydrogen-bond donors (Lipinski definition) is 0. The summed E-state index contributed by atoms with van der Waals surface area (Å²) in [6, 6.07) is 2.50. The summed E-state index contributed by atoms with van der Waals surface area (Å²) >= 11 is 9.63. The van der Waals surface area contributed by atoms with E-state index in [2.05, 4.69) is 32.4 Å². The molecule has 0 N–H and O–H groups in total. The Bertz CT molecular complexity index is 619. The van der Waals surface area contributed by atoms with Crippen LogP contribution in [0.5, 0.6) is 0 Å². The molecule has 2 heterocycles. The van der Waals surface area contributed by atoms with E-state index in [0.29, 0.717) is 11.9 Å². The molecule has 1 atom stereocenters. The third kappa shape index (κ3) is 2.98. The number of rotatable bonds is 4. The summed E-state index contributed by atoms with van der Waals surface area (Å²) in [5, 5.41) is 0. The molecule has 1 aliphatic carbocycles. The fourth-order valence-corrected chi connectivity index (χ4v) is 4.20. The molecule has 3 rings (SSSR count). The third-order valence-corrected chi connectivity index (χ3v) is 5.31. The number of hydrogen-bond acceptors (Lipinski definition) is 2. The highest BCUT2D eigenvalue weighted by molar-refractivity contribution is 9.10. The molecule has 1 unspecified atom stereocenters. The molecule has 0 amide bonds. The summed E-state index contributed by atoms with van der Waals surface area (Å²) in [6.45, 7) is 2.27. The Balaban J connectivity index is 2.07. The smallest absolute Gasteiger partial charge is 0.160 e. The molecule has 1 fully saturated rings. The van der Waals surface area contributed by atoms with Crippen molar-refractivity contribution >= 4 is 38.7 Å². The third-order valence-electron chi connectivity index (χ3n) is 4.63. The maximum Gasteiger partial charge on any atom is 0.160 e. The van der Waals surface area contributed by atoms with E-state index < -0.39 is 0 Å². The van der Waals surface area contributed by atoms with Crippen molar-refractivity contribution in [3.8, 4) is 0 Å². The fourth-order valence-electron chi connectivity index (χ4n) is 3.69. The van der Waals surface area contributed by atoms with Crippen molar-refractivity contribution in [1.82, 2.24) is 14.5 Å². The monoisotopic (exact) mass is 369 g/mol. The molecule has 21 heavy (non-hydrogen) atoms. The largest absolute Gasteiger partial charge is 0.308 e. The van der Waals surface area contributed by atoms with Crippen molar-refractivity contribution in [2.45, 2.75) is 57.4 Å². The van der Waals surface area contributed by atoms with Crippen molar-refractivity contribution in [1.29, 1.82) is 0 Å². The SMILES string of the molecule is CCC(C1CCCCC1)n1c(CCl)nc2cc(Br)cnc21. The molecular formula is C16H21BrClN3. The van der Waals surface area contributed by atoms with E-state index in [9.17, 15) is 0 Å². The van der Waals surface area contributed by atoms with Crippen molar-refractivity contribution in [2.24, 2.45) is 5.92 Å². The van der Waals surface area contributed by atoms with Crippen LogP contribution in [0.1, 0.15) is 57.3 Å². The van der Waals surface area contributed by atoms with E-state index in [-0.39, 0.29) is 0 Å². The fraction of sp³-hybridized carbons (Fsp3) is 0.625. The number of aromatic nitrogens is 3. The molecule has 0 spiro atoms. The van der Waals surface area contributed by atoms with Gasteiger partial charge in [-0.15, -0.1) is 11.6 Å². The van der Waals surface area contributed by atoms with Gasteiger partial charge in [-0.3, -0.25) is 0 Å². The molecule has 0 saturated heterocycles. The lowest BCUT2D eigenvalue weighted by Crippen LogP contribution is -2.23. The molecule has 1 aliphatic rings. The van der Waals surface area contributed by atoms with Gasteiger partial charge in [-0.25, -0.2) is 9.97 Å². The van der Waals surface area contributed by atoms with Gasteiger partial charge in [-0.05, 0) is 47.2 Å². The minimum absolute atomic E-state index is 0.442. The average molecular weight is 371 g/mol. The van der Waals surface area contributed by atoms with Gasteiger partial charge in [0.05, 0.1) is 5.88 Å². The molecule has 5 heteroatoms. The van der Waals surface area contributed by atoms with Crippen LogP contribution in [0.25, 0.3) is 11.2 Å². The number of alkyl halides is 1. The lowest BCUT2D eigenvalue weighted by atomic mass is 9.82. The maximum absolute atomic E-state index is 6.16. The van der Waals surface area contributed by atoms with E-state index in [4.69, 9.17) is 16.6 Å². The van der Waals surface area contributed by atoms with Gasteiger partial charge in [0.15, 0.2) is 5.65 Å². The van der Waals surface area contributed by atoms with E-state index in [1.807, 2.05) is 12.3 Å². The highest BCUT2D eigenvalue weighted by Crippen LogP contribution is 2.37. The summed E-state index contributed by atoms with van der Waals surface area (Å²) in [6.07, 6.45) is 9.67. The molecule has 0 radical (unpaired) electrons. The Hall–Kier alpha value is -0.610. The molecule has 2 aromatic rings. The van der Waals surface area contributed by atoms with Crippen molar-refractivity contribution in [3.05, 3.63) is 22.6 Å². The van der Waals surface area contributed by atoms with Crippen LogP contribution < -0.4 is 0 Å². The quantitative estimate of drug-likeness (QED) is 0.669. The van der Waals surface area contributed by atoms with Crippen LogP contribution in [-0.4, -0.2) is 14.5 Å². The van der Waals surface area contributed by atoms with Gasteiger partial charge in [-0.2, -0.15) is 0 Å². The van der Waals surface area contributed by atoms with Crippen LogP contribution in [0.15, 0.2) is 16.7 Å². The first-order valence-corrected chi connectivity index (χ1v) is 9.15. The van der Waals surface area contributed by atoms with Crippen LogP contribution >= 0.6 is 27.5 Å². The van der Waals surface area contributed by atoms with E-state index >= 15 is 0 Å². The summed E-state index contributed by atoms with van der Waals surface area (Å²) in [5.41, 5.74) is 1.92. The van der Waals surface area contributed by atoms with Crippen molar-refractivity contribution in [3.63, 3.8) is 0 Å². The second kappa shape index (κ2) is 6.66. The van der Waals surface area contributed by atoms with Crippen molar-refractivity contribution < 1.29 is 0 Å². The predicted octanol–water partition coefficient (Wildman–Crippen LogP) is 5.46. The van der Waals surface area contributed by atoms with E-state index in [1.165, 1.54) is 32.1 Å². The Morgan fingerprint density at radius 3 is 2.81 bits per heavy atom. The van der Waals surface area contributed by atoms with Crippen LogP contribution in [0.4, 0.5) is 0 Å². The van der Waals surface area contributed by atoms with Gasteiger partial charge in [0.2, 0.25) is 0 Å². The minimum atomic E-state index is 0.442. The molecule has 1 saturated carbocycles. The second-order valence-corrected chi connectivity index (χ2v) is 7.08. The van der Waals surface area contributed by atoms with Gasteiger partial charge in [0.25, 0.3) is 0 Å². The first-order valence-electron chi connectivity index (χ1n) is 7.83. The number of imidazole rings is 1. The summed E-state index contributed by atoms with van der Waals surface area (Å²) in [4.78, 5) is 9.30. The number of pyridine rings is 1. The molecule has 3 nitrogen and oxygen atoms in total. The van der Waals surface area contributed by atoms with Gasteiger partial charge >= 0.3 is 0 Å². The van der Waals surface area contributed by atoms with Crippen LogP contribution in [0, 0.1) is 5.92 Å². The van der Waals surface area contributed by atoms with E-state index in [0.717, 1.165) is 33.8 Å². The normalized spacial score (nSPS) is 18.2. The van der Waals surface area contributed by atoms with Gasteiger partial charge in [-0.1, -0.05) is 26.2 Å². The molecule has 0 bridgehead atoms. The average Bonchev–Trinajstić information content (AvgIpc) is 2.87. The first kappa shape index (κ1) is 15.3. The molecule has 0 aromatic carbocycles. The molecular weight excluding hydrogens is 350 g/mol. The maximum atomic E-state index is 6.16. The summed E-state index contributed by atoms with van der Waals surface area (Å²) in [5.74, 6) is 2.13. The Kier molecular flexibility index (Phi) is 4.85. The lowest BCUT2D eigenvalue weighted by molar-refractivity contribution is 0.243. The van der Waals surface area contributed by atoms with Crippen LogP contribution in [0.2, 0.25) is 0 Å². The minimum Gasteiger partial charge on any atom is -0.308 e. The van der Waals surface area contributed by atoms with Gasteiger partial charge in [0.1, 0.15) is 11.3 Å². The second-order valence-electron chi connectivity index (χ2n) is 5.90. The number of nitrogens with zero attached hydrogens (tertiary/aromatic N) is 3. The summed E-state index contributed by atoms with van der Waals surface area (Å²) in [7, 11) is 0. The topological polar surface area (TPSA) is 30.7 Å². The zero-order valence-electron chi connectivity index (χ0n) is 12.4. The lowest BCUT2D eigenvalue weighted by Gasteiger charge is -2.31. The molecule has 114 valence electrons. The molecule has 0 aliphatic heterocycles. The van der Waals surface area contributed by atoms with Crippen LogP contribution in [-0.2, 0) is 5.88 Å². The Morgan fingerprint density at radius 2 is 2.14 bits per heavy atom. The van der Waals surface area contributed by atoms with Gasteiger partial charge < -0.3 is 4.57 Å². The number of halogens is 2. The summed E-state index contributed by atoms with van der Waals surface area (Å²) < 4.78 is 3.27. The zero-order chi connectivity index (χ0) is 14.8. The van der Waals surface area contributed by atoms with Crippen LogP contribution in [0.3, 0.4) is 0 Å². The highest BCUT2D eigenvalue weighted by atomic mass is 79.9. The van der Waals surface area contributed by atoms with Crippen molar-refractivity contribution in [2.75, 3.05) is 0 Å². The van der Waals surface area contributed by atoms with Gasteiger partial charge in [0, 0.05) is 16.7 Å². The Morgan fingerprint density at radius 1 is 1.38 bits per heavy atom. The highest BCUT2D eigenvalue weighted by Gasteiger charge is 2.27. The predicted molar refractivity (Wildman–Crippen MR) is 90.7 cm³/mol.